The van der Waals surface area contributed by atoms with Gasteiger partial charge in [-0.05, 0) is 5.56 Å². The van der Waals surface area contributed by atoms with Crippen LogP contribution in [0.1, 0.15) is 5.56 Å². The molecule has 0 radical (unpaired) electrons. The van der Waals surface area contributed by atoms with E-state index >= 15 is 0 Å². The highest BCUT2D eigenvalue weighted by molar-refractivity contribution is 6.31. The van der Waals surface area contributed by atoms with Gasteiger partial charge in [-0.3, -0.25) is 4.79 Å². The van der Waals surface area contributed by atoms with E-state index in [0.717, 1.165) is 5.56 Å². The Hall–Kier alpha value is -3.10. The van der Waals surface area contributed by atoms with Gasteiger partial charge in [0.25, 0.3) is 0 Å². The van der Waals surface area contributed by atoms with Gasteiger partial charge in [0.15, 0.2) is 0 Å². The van der Waals surface area contributed by atoms with E-state index in [2.05, 4.69) is 5.32 Å². The van der Waals surface area contributed by atoms with Crippen molar-refractivity contribution in [3.8, 4) is 0 Å². The summed E-state index contributed by atoms with van der Waals surface area (Å²) in [6, 6.07) is 7.22. The number of amides is 2. The Bertz CT molecular complexity index is 559. The lowest BCUT2D eigenvalue weighted by molar-refractivity contribution is -0.152. The maximum atomic E-state index is 11.4. The molecule has 1 aromatic carbocycles. The zero-order chi connectivity index (χ0) is 16.5. The number of ether oxygens (including phenoxy) is 1. The third-order valence-corrected chi connectivity index (χ3v) is 2.46. The standard InChI is InChI=1S/C13H14N2O7/c16-10(12(19)20)15-9(11(17)18)6-14-13(21)22-7-8-4-2-1-3-5-8/h1-5,9H,6-7H2,(H,14,21)(H,15,16)(H,17,18)(H,19,20)/t9-/m0/s1. The SMILES string of the molecule is O=C(NC[C@H](NC(=O)C(=O)O)C(=O)O)OCc1ccccc1. The van der Waals surface area contributed by atoms with E-state index in [1.54, 1.807) is 35.6 Å². The molecule has 0 spiro atoms. The van der Waals surface area contributed by atoms with Gasteiger partial charge in [0.1, 0.15) is 12.6 Å². The zero-order valence-electron chi connectivity index (χ0n) is 11.3. The average molecular weight is 310 g/mol. The number of aliphatic carboxylic acids is 2. The molecule has 22 heavy (non-hydrogen) atoms. The average Bonchev–Trinajstić information content (AvgIpc) is 2.49. The molecule has 0 aromatic heterocycles. The van der Waals surface area contributed by atoms with Crippen LogP contribution in [-0.2, 0) is 25.7 Å². The molecule has 4 N–H and O–H groups in total. The summed E-state index contributed by atoms with van der Waals surface area (Å²) in [5, 5.41) is 21.1. The van der Waals surface area contributed by atoms with Gasteiger partial charge in [-0.1, -0.05) is 30.3 Å². The van der Waals surface area contributed by atoms with Crippen molar-refractivity contribution in [3.05, 3.63) is 35.9 Å². The molecule has 0 heterocycles. The fourth-order valence-electron chi connectivity index (χ4n) is 1.38. The van der Waals surface area contributed by atoms with Crippen molar-refractivity contribution in [1.82, 2.24) is 10.6 Å². The molecular formula is C13H14N2O7. The first kappa shape index (κ1) is 17.0. The number of carboxylic acid groups (broad SMARTS) is 2. The van der Waals surface area contributed by atoms with Gasteiger partial charge in [0.05, 0.1) is 6.54 Å². The monoisotopic (exact) mass is 310 g/mol. The molecule has 0 aliphatic rings. The first-order chi connectivity index (χ1) is 10.4. The molecule has 9 heteroatoms. The summed E-state index contributed by atoms with van der Waals surface area (Å²) in [5.74, 6) is -4.79. The molecule has 0 saturated carbocycles. The van der Waals surface area contributed by atoms with Gasteiger partial charge in [0.2, 0.25) is 0 Å². The van der Waals surface area contributed by atoms with Crippen molar-refractivity contribution in [2.45, 2.75) is 12.6 Å². The highest BCUT2D eigenvalue weighted by Crippen LogP contribution is 2.00. The smallest absolute Gasteiger partial charge is 0.407 e. The van der Waals surface area contributed by atoms with Crippen LogP contribution in [0.3, 0.4) is 0 Å². The van der Waals surface area contributed by atoms with Crippen LogP contribution in [0.25, 0.3) is 0 Å². The second-order valence-corrected chi connectivity index (χ2v) is 4.11. The minimum atomic E-state index is -1.82. The second-order valence-electron chi connectivity index (χ2n) is 4.11. The van der Waals surface area contributed by atoms with Crippen LogP contribution >= 0.6 is 0 Å². The van der Waals surface area contributed by atoms with E-state index < -0.39 is 36.5 Å². The van der Waals surface area contributed by atoms with Crippen molar-refractivity contribution < 1.29 is 34.1 Å². The molecule has 0 unspecified atom stereocenters. The zero-order valence-corrected chi connectivity index (χ0v) is 11.3. The number of benzene rings is 1. The van der Waals surface area contributed by atoms with Gasteiger partial charge in [0, 0.05) is 0 Å². The second kappa shape index (κ2) is 8.25. The number of carbonyl (C=O) groups excluding carboxylic acids is 2. The summed E-state index contributed by atoms with van der Waals surface area (Å²) in [6.45, 7) is -0.520. The molecule has 1 rings (SSSR count). The lowest BCUT2D eigenvalue weighted by Gasteiger charge is -2.14. The number of carbonyl (C=O) groups is 4. The van der Waals surface area contributed by atoms with Gasteiger partial charge >= 0.3 is 23.9 Å². The van der Waals surface area contributed by atoms with Crippen molar-refractivity contribution in [1.29, 1.82) is 0 Å². The van der Waals surface area contributed by atoms with E-state index in [9.17, 15) is 19.2 Å². The number of carboxylic acids is 2. The Balaban J connectivity index is 2.41. The van der Waals surface area contributed by atoms with Crippen LogP contribution in [0, 0.1) is 0 Å². The number of nitrogens with one attached hydrogen (secondary N) is 2. The van der Waals surface area contributed by atoms with Crippen LogP contribution < -0.4 is 10.6 Å². The summed E-state index contributed by atoms with van der Waals surface area (Å²) in [4.78, 5) is 43.5. The Morgan fingerprint density at radius 3 is 2.27 bits per heavy atom. The van der Waals surface area contributed by atoms with Crippen molar-refractivity contribution in [2.24, 2.45) is 0 Å². The highest BCUT2D eigenvalue weighted by Gasteiger charge is 2.24. The summed E-state index contributed by atoms with van der Waals surface area (Å²) < 4.78 is 4.84. The summed E-state index contributed by atoms with van der Waals surface area (Å²) in [7, 11) is 0. The van der Waals surface area contributed by atoms with E-state index in [0.29, 0.717) is 0 Å². The van der Waals surface area contributed by atoms with Gasteiger partial charge in [-0.2, -0.15) is 0 Å². The van der Waals surface area contributed by atoms with Crippen molar-refractivity contribution in [3.63, 3.8) is 0 Å². The van der Waals surface area contributed by atoms with Crippen LogP contribution in [0.15, 0.2) is 30.3 Å². The van der Waals surface area contributed by atoms with Crippen LogP contribution in [0.5, 0.6) is 0 Å². The maximum Gasteiger partial charge on any atom is 0.407 e. The van der Waals surface area contributed by atoms with E-state index in [1.807, 2.05) is 0 Å². The topological polar surface area (TPSA) is 142 Å². The predicted octanol–water partition coefficient (Wildman–Crippen LogP) is -0.433. The van der Waals surface area contributed by atoms with E-state index in [-0.39, 0.29) is 6.61 Å². The Morgan fingerprint density at radius 1 is 1.09 bits per heavy atom. The summed E-state index contributed by atoms with van der Waals surface area (Å²) in [6.07, 6.45) is -0.889. The first-order valence-electron chi connectivity index (χ1n) is 6.11. The van der Waals surface area contributed by atoms with Crippen molar-refractivity contribution in [2.75, 3.05) is 6.54 Å². The third kappa shape index (κ3) is 5.90. The fraction of sp³-hybridized carbons (Fsp3) is 0.231. The molecule has 2 amide bonds. The molecule has 1 aromatic rings. The summed E-state index contributed by atoms with van der Waals surface area (Å²) >= 11 is 0. The minimum Gasteiger partial charge on any atom is -0.480 e. The summed E-state index contributed by atoms with van der Waals surface area (Å²) in [5.41, 5.74) is 0.742. The third-order valence-electron chi connectivity index (χ3n) is 2.46. The number of rotatable bonds is 6. The quantitative estimate of drug-likeness (QED) is 0.522. The largest absolute Gasteiger partial charge is 0.480 e. The highest BCUT2D eigenvalue weighted by atomic mass is 16.5. The van der Waals surface area contributed by atoms with Gasteiger partial charge in [-0.15, -0.1) is 0 Å². The molecule has 0 bridgehead atoms. The van der Waals surface area contributed by atoms with Gasteiger partial charge < -0.3 is 25.6 Å². The fourth-order valence-corrected chi connectivity index (χ4v) is 1.38. The first-order valence-corrected chi connectivity index (χ1v) is 6.11. The Morgan fingerprint density at radius 2 is 1.73 bits per heavy atom. The Kier molecular flexibility index (Phi) is 6.35. The molecule has 1 atom stereocenters. The number of alkyl carbamates (subject to hydrolysis) is 1. The lowest BCUT2D eigenvalue weighted by Crippen LogP contribution is -2.50. The van der Waals surface area contributed by atoms with E-state index in [4.69, 9.17) is 14.9 Å². The van der Waals surface area contributed by atoms with Gasteiger partial charge in [-0.25, -0.2) is 14.4 Å². The van der Waals surface area contributed by atoms with Crippen LogP contribution in [0.4, 0.5) is 4.79 Å². The van der Waals surface area contributed by atoms with Crippen LogP contribution in [0.2, 0.25) is 0 Å². The molecule has 0 fully saturated rings. The molecule has 0 aliphatic heterocycles. The number of hydrogen-bond donors (Lipinski definition) is 4. The maximum absolute atomic E-state index is 11.4. The molecule has 0 saturated heterocycles. The van der Waals surface area contributed by atoms with Crippen molar-refractivity contribution >= 4 is 23.9 Å². The minimum absolute atomic E-state index is 0.00804. The van der Waals surface area contributed by atoms with E-state index in [1.165, 1.54) is 0 Å². The lowest BCUT2D eigenvalue weighted by atomic mass is 10.2. The molecule has 9 nitrogen and oxygen atoms in total. The normalized spacial score (nSPS) is 11.1. The number of hydrogen-bond acceptors (Lipinski definition) is 5. The molecule has 0 aliphatic carbocycles. The molecular weight excluding hydrogens is 296 g/mol. The molecule has 118 valence electrons. The van der Waals surface area contributed by atoms with Crippen LogP contribution in [-0.4, -0.2) is 46.7 Å². The Labute approximate surface area is 124 Å². The predicted molar refractivity (Wildman–Crippen MR) is 71.8 cm³/mol.